The van der Waals surface area contributed by atoms with Gasteiger partial charge in [-0.2, -0.15) is 0 Å². The van der Waals surface area contributed by atoms with Crippen LogP contribution in [0.1, 0.15) is 5.69 Å². The SMILES string of the molecule is CN[C@@H](Cc1cncn1-c1ccccc1OC)C(=O)O.Cl.Cl. The number of imidazole rings is 1. The molecule has 0 amide bonds. The number of carboxylic acid groups (broad SMARTS) is 1. The molecule has 0 saturated heterocycles. The average molecular weight is 348 g/mol. The molecule has 1 heterocycles. The van der Waals surface area contributed by atoms with Crippen LogP contribution in [-0.2, 0) is 11.2 Å². The predicted octanol–water partition coefficient (Wildman–Crippen LogP) is 1.94. The normalized spacial score (nSPS) is 11.0. The van der Waals surface area contributed by atoms with Crippen molar-refractivity contribution in [3.05, 3.63) is 42.5 Å². The van der Waals surface area contributed by atoms with E-state index in [-0.39, 0.29) is 24.8 Å². The molecule has 0 unspecified atom stereocenters. The van der Waals surface area contributed by atoms with Crippen molar-refractivity contribution < 1.29 is 14.6 Å². The lowest BCUT2D eigenvalue weighted by molar-refractivity contribution is -0.139. The van der Waals surface area contributed by atoms with E-state index < -0.39 is 12.0 Å². The molecular formula is C14H19Cl2N3O3. The van der Waals surface area contributed by atoms with Gasteiger partial charge in [0.1, 0.15) is 11.8 Å². The smallest absolute Gasteiger partial charge is 0.321 e. The maximum atomic E-state index is 11.1. The van der Waals surface area contributed by atoms with Gasteiger partial charge in [0.2, 0.25) is 0 Å². The number of benzene rings is 1. The summed E-state index contributed by atoms with van der Waals surface area (Å²) in [6.45, 7) is 0. The Morgan fingerprint density at radius 2 is 2.09 bits per heavy atom. The molecule has 122 valence electrons. The molecule has 22 heavy (non-hydrogen) atoms. The van der Waals surface area contributed by atoms with Crippen molar-refractivity contribution >= 4 is 30.8 Å². The highest BCUT2D eigenvalue weighted by Crippen LogP contribution is 2.23. The number of aliphatic carboxylic acids is 1. The van der Waals surface area contributed by atoms with Crippen LogP contribution in [0.5, 0.6) is 5.75 Å². The van der Waals surface area contributed by atoms with E-state index >= 15 is 0 Å². The van der Waals surface area contributed by atoms with Gasteiger partial charge in [0, 0.05) is 18.3 Å². The van der Waals surface area contributed by atoms with E-state index in [1.165, 1.54) is 0 Å². The lowest BCUT2D eigenvalue weighted by atomic mass is 10.1. The van der Waals surface area contributed by atoms with Crippen molar-refractivity contribution in [1.82, 2.24) is 14.9 Å². The zero-order chi connectivity index (χ0) is 14.5. The second-order valence-electron chi connectivity index (χ2n) is 4.31. The Labute approximate surface area is 141 Å². The molecule has 0 bridgehead atoms. The van der Waals surface area contributed by atoms with Crippen molar-refractivity contribution in [2.45, 2.75) is 12.5 Å². The Bertz CT molecular complexity index is 605. The fourth-order valence-corrected chi connectivity index (χ4v) is 2.04. The quantitative estimate of drug-likeness (QED) is 0.834. The molecule has 0 saturated carbocycles. The first-order valence-corrected chi connectivity index (χ1v) is 6.22. The molecule has 1 aromatic carbocycles. The van der Waals surface area contributed by atoms with Gasteiger partial charge in [0.05, 0.1) is 19.1 Å². The third kappa shape index (κ3) is 4.37. The number of para-hydroxylation sites is 2. The number of rotatable bonds is 6. The second kappa shape index (κ2) is 9.30. The lowest BCUT2D eigenvalue weighted by Gasteiger charge is -2.15. The number of methoxy groups -OCH3 is 1. The van der Waals surface area contributed by atoms with Crippen molar-refractivity contribution in [1.29, 1.82) is 0 Å². The van der Waals surface area contributed by atoms with Crippen LogP contribution in [-0.4, -0.2) is 40.8 Å². The van der Waals surface area contributed by atoms with Gasteiger partial charge in [-0.25, -0.2) is 4.98 Å². The predicted molar refractivity (Wildman–Crippen MR) is 88.8 cm³/mol. The summed E-state index contributed by atoms with van der Waals surface area (Å²) >= 11 is 0. The fourth-order valence-electron chi connectivity index (χ4n) is 2.04. The van der Waals surface area contributed by atoms with E-state index in [0.717, 1.165) is 11.4 Å². The maximum absolute atomic E-state index is 11.1. The minimum atomic E-state index is -0.889. The zero-order valence-electron chi connectivity index (χ0n) is 12.2. The van der Waals surface area contributed by atoms with Crippen LogP contribution in [0.3, 0.4) is 0 Å². The molecule has 6 nitrogen and oxygen atoms in total. The van der Waals surface area contributed by atoms with Crippen molar-refractivity contribution in [3.8, 4) is 11.4 Å². The highest BCUT2D eigenvalue weighted by Gasteiger charge is 2.18. The van der Waals surface area contributed by atoms with E-state index in [0.29, 0.717) is 12.2 Å². The Morgan fingerprint density at radius 3 is 2.68 bits per heavy atom. The third-order valence-electron chi connectivity index (χ3n) is 3.12. The van der Waals surface area contributed by atoms with Crippen molar-refractivity contribution in [2.24, 2.45) is 0 Å². The molecule has 0 aliphatic rings. The molecule has 2 rings (SSSR count). The van der Waals surface area contributed by atoms with E-state index in [2.05, 4.69) is 10.3 Å². The Hall–Kier alpha value is -1.76. The molecule has 0 spiro atoms. The first-order valence-electron chi connectivity index (χ1n) is 6.22. The number of hydrogen-bond donors (Lipinski definition) is 2. The van der Waals surface area contributed by atoms with Gasteiger partial charge in [-0.1, -0.05) is 12.1 Å². The topological polar surface area (TPSA) is 76.4 Å². The van der Waals surface area contributed by atoms with Crippen molar-refractivity contribution in [2.75, 3.05) is 14.2 Å². The van der Waals surface area contributed by atoms with Crippen LogP contribution in [0.4, 0.5) is 0 Å². The molecule has 1 aromatic heterocycles. The summed E-state index contributed by atoms with van der Waals surface area (Å²) < 4.78 is 7.16. The van der Waals surface area contributed by atoms with Crippen LogP contribution in [0, 0.1) is 0 Å². The number of nitrogens with zero attached hydrogens (tertiary/aromatic N) is 2. The van der Waals surface area contributed by atoms with E-state index in [4.69, 9.17) is 9.84 Å². The van der Waals surface area contributed by atoms with Gasteiger partial charge in [0.15, 0.2) is 0 Å². The van der Waals surface area contributed by atoms with E-state index in [9.17, 15) is 4.79 Å². The van der Waals surface area contributed by atoms with Crippen LogP contribution >= 0.6 is 24.8 Å². The Balaban J connectivity index is 0.00000220. The van der Waals surface area contributed by atoms with Gasteiger partial charge in [0.25, 0.3) is 0 Å². The summed E-state index contributed by atoms with van der Waals surface area (Å²) in [5, 5.41) is 11.9. The molecular weight excluding hydrogens is 329 g/mol. The molecule has 2 aromatic rings. The molecule has 8 heteroatoms. The van der Waals surface area contributed by atoms with Gasteiger partial charge in [-0.3, -0.25) is 9.36 Å². The number of carboxylic acids is 1. The van der Waals surface area contributed by atoms with E-state index in [1.807, 2.05) is 28.8 Å². The standard InChI is InChI=1S/C14H17N3O3.2ClH/c1-15-11(14(18)19)7-10-8-16-9-17(10)12-5-3-4-6-13(12)20-2;;/h3-6,8-9,11,15H,7H2,1-2H3,(H,18,19);2*1H/t11-;;/m0../s1. The molecule has 0 fully saturated rings. The molecule has 0 aliphatic heterocycles. The first kappa shape index (κ1) is 20.2. The molecule has 0 radical (unpaired) electrons. The minimum Gasteiger partial charge on any atom is -0.495 e. The number of carbonyl (C=O) groups is 1. The van der Waals surface area contributed by atoms with Crippen molar-refractivity contribution in [3.63, 3.8) is 0 Å². The van der Waals surface area contributed by atoms with E-state index in [1.54, 1.807) is 26.7 Å². The monoisotopic (exact) mass is 347 g/mol. The summed E-state index contributed by atoms with van der Waals surface area (Å²) in [6.07, 6.45) is 3.66. The first-order chi connectivity index (χ1) is 9.67. The zero-order valence-corrected chi connectivity index (χ0v) is 13.9. The van der Waals surface area contributed by atoms with Crippen LogP contribution < -0.4 is 10.1 Å². The molecule has 1 atom stereocenters. The van der Waals surface area contributed by atoms with Crippen LogP contribution in [0.2, 0.25) is 0 Å². The Kier molecular flexibility index (Phi) is 8.55. The van der Waals surface area contributed by atoms with Gasteiger partial charge in [-0.15, -0.1) is 24.8 Å². The second-order valence-corrected chi connectivity index (χ2v) is 4.31. The maximum Gasteiger partial charge on any atom is 0.321 e. The molecule has 0 aliphatic carbocycles. The van der Waals surface area contributed by atoms with Gasteiger partial charge < -0.3 is 15.2 Å². The fraction of sp³-hybridized carbons (Fsp3) is 0.286. The summed E-state index contributed by atoms with van der Waals surface area (Å²) in [5.41, 5.74) is 1.64. The third-order valence-corrected chi connectivity index (χ3v) is 3.12. The number of ether oxygens (including phenoxy) is 1. The number of nitrogens with one attached hydrogen (secondary N) is 1. The highest BCUT2D eigenvalue weighted by molar-refractivity contribution is 5.85. The van der Waals surface area contributed by atoms with Crippen LogP contribution in [0.25, 0.3) is 5.69 Å². The largest absolute Gasteiger partial charge is 0.495 e. The Morgan fingerprint density at radius 1 is 1.41 bits per heavy atom. The highest BCUT2D eigenvalue weighted by atomic mass is 35.5. The van der Waals surface area contributed by atoms with Gasteiger partial charge in [-0.05, 0) is 19.2 Å². The molecule has 2 N–H and O–H groups in total. The number of halogens is 2. The average Bonchev–Trinajstić information content (AvgIpc) is 2.92. The van der Waals surface area contributed by atoms with Crippen LogP contribution in [0.15, 0.2) is 36.8 Å². The minimum absolute atomic E-state index is 0. The summed E-state index contributed by atoms with van der Waals surface area (Å²) in [7, 11) is 3.23. The van der Waals surface area contributed by atoms with Gasteiger partial charge >= 0.3 is 5.97 Å². The number of likely N-dealkylation sites (N-methyl/N-ethyl adjacent to an activating group) is 1. The number of aromatic nitrogens is 2. The lowest BCUT2D eigenvalue weighted by Crippen LogP contribution is -2.36. The number of hydrogen-bond acceptors (Lipinski definition) is 4. The summed E-state index contributed by atoms with van der Waals surface area (Å²) in [5.74, 6) is -0.177. The summed E-state index contributed by atoms with van der Waals surface area (Å²) in [6, 6.07) is 6.88. The summed E-state index contributed by atoms with van der Waals surface area (Å²) in [4.78, 5) is 15.2.